The summed E-state index contributed by atoms with van der Waals surface area (Å²) in [6, 6.07) is 4.67. The number of pyridine rings is 1. The van der Waals surface area contributed by atoms with Gasteiger partial charge in [0.2, 0.25) is 5.78 Å². The summed E-state index contributed by atoms with van der Waals surface area (Å²) in [6.07, 6.45) is 1.23. The lowest BCUT2D eigenvalue weighted by Gasteiger charge is -2.02. The van der Waals surface area contributed by atoms with E-state index in [1.807, 2.05) is 0 Å². The molecule has 5 heteroatoms. The molecule has 0 aliphatic heterocycles. The van der Waals surface area contributed by atoms with Crippen LogP contribution in [0.3, 0.4) is 0 Å². The molecule has 0 N–H and O–H groups in total. The first-order valence-electron chi connectivity index (χ1n) is 4.69. The monoisotopic (exact) mass is 237 g/mol. The van der Waals surface area contributed by atoms with Crippen molar-refractivity contribution in [2.45, 2.75) is 0 Å². The predicted molar refractivity (Wildman–Crippen MR) is 54.0 cm³/mol. The van der Waals surface area contributed by atoms with Crippen molar-refractivity contribution in [1.29, 1.82) is 0 Å². The van der Waals surface area contributed by atoms with Gasteiger partial charge in [0, 0.05) is 17.8 Å². The lowest BCUT2D eigenvalue weighted by molar-refractivity contribution is 0.102. The Balaban J connectivity index is 2.48. The van der Waals surface area contributed by atoms with E-state index in [4.69, 9.17) is 0 Å². The average molecular weight is 237 g/mol. The Morgan fingerprint density at radius 1 is 1.06 bits per heavy atom. The second kappa shape index (κ2) is 4.37. The number of ketones is 1. The Morgan fingerprint density at radius 3 is 2.29 bits per heavy atom. The molecule has 2 nitrogen and oxygen atoms in total. The molecule has 0 bridgehead atoms. The van der Waals surface area contributed by atoms with Crippen LogP contribution in [-0.4, -0.2) is 10.8 Å². The predicted octanol–water partition coefficient (Wildman–Crippen LogP) is 2.73. The molecule has 0 aliphatic rings. The molecule has 86 valence electrons. The molecule has 0 radical (unpaired) electrons. The largest absolute Gasteiger partial charge is 0.287 e. The molecule has 0 unspecified atom stereocenters. The number of aromatic nitrogens is 1. The summed E-state index contributed by atoms with van der Waals surface area (Å²) < 4.78 is 39.1. The van der Waals surface area contributed by atoms with Gasteiger partial charge in [0.25, 0.3) is 0 Å². The van der Waals surface area contributed by atoms with E-state index in [2.05, 4.69) is 4.98 Å². The van der Waals surface area contributed by atoms with Crippen LogP contribution in [0.25, 0.3) is 0 Å². The van der Waals surface area contributed by atoms with E-state index < -0.39 is 28.9 Å². The molecule has 0 spiro atoms. The number of nitrogens with zero attached hydrogens (tertiary/aromatic N) is 1. The van der Waals surface area contributed by atoms with Crippen molar-refractivity contribution in [1.82, 2.24) is 4.98 Å². The summed E-state index contributed by atoms with van der Waals surface area (Å²) in [7, 11) is 0. The smallest absolute Gasteiger partial charge is 0.214 e. The minimum Gasteiger partial charge on any atom is -0.287 e. The number of hydrogen-bond donors (Lipinski definition) is 0. The molecule has 1 aromatic heterocycles. The van der Waals surface area contributed by atoms with Gasteiger partial charge in [-0.15, -0.1) is 0 Å². The number of rotatable bonds is 2. The van der Waals surface area contributed by atoms with E-state index in [1.165, 1.54) is 12.3 Å². The van der Waals surface area contributed by atoms with Crippen LogP contribution in [0.15, 0.2) is 36.5 Å². The SMILES string of the molecule is O=C(c1cc(F)cc(F)c1)c1ncccc1F. The second-order valence-electron chi connectivity index (χ2n) is 3.32. The molecule has 2 rings (SSSR count). The molecular weight excluding hydrogens is 231 g/mol. The standard InChI is InChI=1S/C12H6F3NO/c13-8-4-7(5-9(14)6-8)12(17)11-10(15)2-1-3-16-11/h1-6H. The number of carbonyl (C=O) groups excluding carboxylic acids is 1. The van der Waals surface area contributed by atoms with Gasteiger partial charge in [-0.3, -0.25) is 4.79 Å². The fraction of sp³-hybridized carbons (Fsp3) is 0. The van der Waals surface area contributed by atoms with Crippen molar-refractivity contribution in [3.8, 4) is 0 Å². The summed E-state index contributed by atoms with van der Waals surface area (Å²) in [5, 5.41) is 0. The van der Waals surface area contributed by atoms with E-state index in [1.54, 1.807) is 0 Å². The summed E-state index contributed by atoms with van der Waals surface area (Å²) in [5.41, 5.74) is -0.738. The molecule has 0 aliphatic carbocycles. The van der Waals surface area contributed by atoms with Crippen LogP contribution >= 0.6 is 0 Å². The van der Waals surface area contributed by atoms with E-state index >= 15 is 0 Å². The lowest BCUT2D eigenvalue weighted by atomic mass is 10.1. The van der Waals surface area contributed by atoms with Crippen molar-refractivity contribution in [3.63, 3.8) is 0 Å². The first-order chi connectivity index (χ1) is 8.08. The zero-order valence-corrected chi connectivity index (χ0v) is 8.45. The van der Waals surface area contributed by atoms with Gasteiger partial charge in [-0.05, 0) is 24.3 Å². The molecule has 0 saturated heterocycles. The maximum atomic E-state index is 13.3. The first-order valence-corrected chi connectivity index (χ1v) is 4.69. The van der Waals surface area contributed by atoms with Gasteiger partial charge in [-0.25, -0.2) is 18.2 Å². The highest BCUT2D eigenvalue weighted by Gasteiger charge is 2.16. The zero-order valence-electron chi connectivity index (χ0n) is 8.45. The summed E-state index contributed by atoms with van der Waals surface area (Å²) in [6.45, 7) is 0. The third kappa shape index (κ3) is 2.33. The topological polar surface area (TPSA) is 30.0 Å². The van der Waals surface area contributed by atoms with Crippen LogP contribution < -0.4 is 0 Å². The highest BCUT2D eigenvalue weighted by Crippen LogP contribution is 2.14. The third-order valence-corrected chi connectivity index (χ3v) is 2.10. The van der Waals surface area contributed by atoms with E-state index in [0.717, 1.165) is 18.2 Å². The minimum absolute atomic E-state index is 0.278. The Labute approximate surface area is 94.7 Å². The molecule has 0 saturated carbocycles. The van der Waals surface area contributed by atoms with Crippen LogP contribution in [-0.2, 0) is 0 Å². The van der Waals surface area contributed by atoms with E-state index in [0.29, 0.717) is 6.07 Å². The molecule has 0 atom stereocenters. The van der Waals surface area contributed by atoms with Gasteiger partial charge >= 0.3 is 0 Å². The molecule has 1 aromatic carbocycles. The summed E-state index contributed by atoms with van der Waals surface area (Å²) >= 11 is 0. The Hall–Kier alpha value is -2.17. The second-order valence-corrected chi connectivity index (χ2v) is 3.32. The molecule has 17 heavy (non-hydrogen) atoms. The Morgan fingerprint density at radius 2 is 1.71 bits per heavy atom. The van der Waals surface area contributed by atoms with Gasteiger partial charge in [-0.2, -0.15) is 0 Å². The molecule has 1 heterocycles. The summed E-state index contributed by atoms with van der Waals surface area (Å²) in [5.74, 6) is -3.49. The fourth-order valence-corrected chi connectivity index (χ4v) is 1.37. The lowest BCUT2D eigenvalue weighted by Crippen LogP contribution is -2.07. The van der Waals surface area contributed by atoms with Crippen LogP contribution in [0.5, 0.6) is 0 Å². The van der Waals surface area contributed by atoms with Crippen molar-refractivity contribution in [2.24, 2.45) is 0 Å². The van der Waals surface area contributed by atoms with Crippen molar-refractivity contribution < 1.29 is 18.0 Å². The normalized spacial score (nSPS) is 10.3. The van der Waals surface area contributed by atoms with Gasteiger partial charge in [-0.1, -0.05) is 0 Å². The van der Waals surface area contributed by atoms with E-state index in [-0.39, 0.29) is 5.56 Å². The molecule has 0 amide bonds. The Bertz CT molecular complexity index is 563. The van der Waals surface area contributed by atoms with Gasteiger partial charge in [0.05, 0.1) is 0 Å². The quantitative estimate of drug-likeness (QED) is 0.751. The van der Waals surface area contributed by atoms with Gasteiger partial charge in [0.15, 0.2) is 5.82 Å². The summed E-state index contributed by atoms with van der Waals surface area (Å²) in [4.78, 5) is 15.3. The Kier molecular flexibility index (Phi) is 2.91. The maximum Gasteiger partial charge on any atom is 0.214 e. The number of carbonyl (C=O) groups is 1. The number of hydrogen-bond acceptors (Lipinski definition) is 2. The van der Waals surface area contributed by atoms with Crippen molar-refractivity contribution >= 4 is 5.78 Å². The molecular formula is C12H6F3NO. The van der Waals surface area contributed by atoms with Gasteiger partial charge in [0.1, 0.15) is 17.3 Å². The third-order valence-electron chi connectivity index (χ3n) is 2.10. The average Bonchev–Trinajstić information content (AvgIpc) is 2.27. The first kappa shape index (κ1) is 11.3. The van der Waals surface area contributed by atoms with Gasteiger partial charge < -0.3 is 0 Å². The molecule has 2 aromatic rings. The zero-order chi connectivity index (χ0) is 12.4. The highest BCUT2D eigenvalue weighted by molar-refractivity contribution is 6.07. The highest BCUT2D eigenvalue weighted by atomic mass is 19.1. The number of halogens is 3. The fourth-order valence-electron chi connectivity index (χ4n) is 1.37. The van der Waals surface area contributed by atoms with Crippen LogP contribution in [0.1, 0.15) is 16.1 Å². The van der Waals surface area contributed by atoms with Crippen LogP contribution in [0.2, 0.25) is 0 Å². The van der Waals surface area contributed by atoms with Crippen molar-refractivity contribution in [2.75, 3.05) is 0 Å². The van der Waals surface area contributed by atoms with Crippen molar-refractivity contribution in [3.05, 3.63) is 65.2 Å². The minimum atomic E-state index is -0.898. The van der Waals surface area contributed by atoms with E-state index in [9.17, 15) is 18.0 Å². The number of benzene rings is 1. The maximum absolute atomic E-state index is 13.3. The van der Waals surface area contributed by atoms with Crippen LogP contribution in [0.4, 0.5) is 13.2 Å². The van der Waals surface area contributed by atoms with Crippen LogP contribution in [0, 0.1) is 17.5 Å². The molecule has 0 fully saturated rings.